The standard InChI is InChI=1S/C26H23Cl2FN2O6/c1-3-10-36-26(34)18-7-5-4-6-17(18)25(33)31(14-16-8-9-23(28)30-13-16)21-12-22(19(27)11-20(21)29)37-15-24(32)35-2/h1,8-9,11-13H,4-7,10,14-15H2,2H3. The van der Waals surface area contributed by atoms with Gasteiger partial charge in [-0.1, -0.05) is 35.2 Å². The number of methoxy groups -OCH3 is 1. The molecule has 1 aliphatic rings. The molecule has 0 bridgehead atoms. The van der Waals surface area contributed by atoms with Crippen LogP contribution in [0.5, 0.6) is 5.75 Å². The van der Waals surface area contributed by atoms with Gasteiger partial charge in [0.2, 0.25) is 0 Å². The van der Waals surface area contributed by atoms with Gasteiger partial charge in [-0.25, -0.2) is 19.0 Å². The van der Waals surface area contributed by atoms with E-state index >= 15 is 4.39 Å². The molecule has 37 heavy (non-hydrogen) atoms. The Kier molecular flexibility index (Phi) is 9.89. The Balaban J connectivity index is 2.08. The molecule has 0 saturated carbocycles. The number of nitrogens with zero attached hydrogens (tertiary/aromatic N) is 2. The molecule has 0 aliphatic heterocycles. The second-order valence-corrected chi connectivity index (χ2v) is 8.72. The van der Waals surface area contributed by atoms with E-state index in [9.17, 15) is 14.4 Å². The maximum absolute atomic E-state index is 15.3. The van der Waals surface area contributed by atoms with Crippen LogP contribution in [0, 0.1) is 18.2 Å². The Morgan fingerprint density at radius 2 is 1.89 bits per heavy atom. The number of rotatable bonds is 9. The summed E-state index contributed by atoms with van der Waals surface area (Å²) >= 11 is 12.0. The zero-order chi connectivity index (χ0) is 26.9. The number of hydrogen-bond donors (Lipinski definition) is 0. The SMILES string of the molecule is C#CCOC(=O)C1=C(C(=O)N(Cc2ccc(Cl)nc2)c2cc(OCC(=O)OC)c(Cl)cc2F)CCCC1. The number of carbonyl (C=O) groups is 3. The van der Waals surface area contributed by atoms with Crippen LogP contribution < -0.4 is 9.64 Å². The van der Waals surface area contributed by atoms with Crippen LogP contribution in [-0.2, 0) is 30.4 Å². The van der Waals surface area contributed by atoms with Crippen LogP contribution >= 0.6 is 23.2 Å². The topological polar surface area (TPSA) is 95.0 Å². The fourth-order valence-corrected chi connectivity index (χ4v) is 4.02. The van der Waals surface area contributed by atoms with Crippen LogP contribution in [-0.4, -0.2) is 43.2 Å². The number of anilines is 1. The van der Waals surface area contributed by atoms with Gasteiger partial charge in [-0.05, 0) is 43.4 Å². The summed E-state index contributed by atoms with van der Waals surface area (Å²) < 4.78 is 30.3. The number of ether oxygens (including phenoxy) is 3. The van der Waals surface area contributed by atoms with Crippen molar-refractivity contribution in [3.05, 3.63) is 63.2 Å². The third-order valence-corrected chi connectivity index (χ3v) is 6.02. The molecule has 1 aromatic heterocycles. The molecular weight excluding hydrogens is 526 g/mol. The largest absolute Gasteiger partial charge is 0.480 e. The number of amides is 1. The highest BCUT2D eigenvalue weighted by molar-refractivity contribution is 6.32. The summed E-state index contributed by atoms with van der Waals surface area (Å²) in [5, 5.41) is 0.132. The lowest BCUT2D eigenvalue weighted by Crippen LogP contribution is -2.34. The first-order valence-electron chi connectivity index (χ1n) is 11.2. The molecule has 1 amide bonds. The van der Waals surface area contributed by atoms with Gasteiger partial charge in [-0.3, -0.25) is 4.79 Å². The summed E-state index contributed by atoms with van der Waals surface area (Å²) in [5.74, 6) is -0.610. The molecule has 11 heteroatoms. The van der Waals surface area contributed by atoms with Crippen LogP contribution in [0.1, 0.15) is 31.2 Å². The Morgan fingerprint density at radius 1 is 1.16 bits per heavy atom. The third kappa shape index (κ3) is 7.21. The molecule has 8 nitrogen and oxygen atoms in total. The van der Waals surface area contributed by atoms with Crippen molar-refractivity contribution in [3.8, 4) is 18.1 Å². The fraction of sp³-hybridized carbons (Fsp3) is 0.308. The van der Waals surface area contributed by atoms with Gasteiger partial charge in [-0.2, -0.15) is 0 Å². The third-order valence-electron chi connectivity index (χ3n) is 5.50. The van der Waals surface area contributed by atoms with Gasteiger partial charge in [0, 0.05) is 23.4 Å². The summed E-state index contributed by atoms with van der Waals surface area (Å²) in [6.07, 6.45) is 8.57. The van der Waals surface area contributed by atoms with Crippen molar-refractivity contribution in [1.82, 2.24) is 4.98 Å². The van der Waals surface area contributed by atoms with Crippen LogP contribution in [0.3, 0.4) is 0 Å². The molecule has 0 saturated heterocycles. The van der Waals surface area contributed by atoms with E-state index in [1.165, 1.54) is 25.4 Å². The number of esters is 2. The highest BCUT2D eigenvalue weighted by Crippen LogP contribution is 2.36. The predicted octanol–water partition coefficient (Wildman–Crippen LogP) is 4.66. The minimum Gasteiger partial charge on any atom is -0.480 e. The molecule has 194 valence electrons. The number of carbonyl (C=O) groups excluding carboxylic acids is 3. The summed E-state index contributed by atoms with van der Waals surface area (Å²) in [6.45, 7) is -0.836. The maximum Gasteiger partial charge on any atom is 0.343 e. The molecule has 0 atom stereocenters. The molecule has 0 unspecified atom stereocenters. The number of halogens is 3. The number of terminal acetylenes is 1. The van der Waals surface area contributed by atoms with Crippen LogP contribution in [0.15, 0.2) is 41.6 Å². The highest BCUT2D eigenvalue weighted by atomic mass is 35.5. The highest BCUT2D eigenvalue weighted by Gasteiger charge is 2.31. The number of benzene rings is 1. The monoisotopic (exact) mass is 548 g/mol. The molecule has 2 aromatic rings. The van der Waals surface area contributed by atoms with Crippen molar-refractivity contribution in [3.63, 3.8) is 0 Å². The van der Waals surface area contributed by atoms with Gasteiger partial charge in [0.15, 0.2) is 13.2 Å². The summed E-state index contributed by atoms with van der Waals surface area (Å²) in [4.78, 5) is 43.2. The molecule has 1 aliphatic carbocycles. The van der Waals surface area contributed by atoms with Gasteiger partial charge < -0.3 is 19.1 Å². The lowest BCUT2D eigenvalue weighted by atomic mass is 9.90. The van der Waals surface area contributed by atoms with Crippen molar-refractivity contribution in [2.45, 2.75) is 32.2 Å². The average Bonchev–Trinajstić information content (AvgIpc) is 2.90. The zero-order valence-electron chi connectivity index (χ0n) is 19.9. The number of hydrogen-bond acceptors (Lipinski definition) is 7. The van der Waals surface area contributed by atoms with Crippen molar-refractivity contribution in [1.29, 1.82) is 0 Å². The van der Waals surface area contributed by atoms with E-state index in [0.717, 1.165) is 11.0 Å². The maximum atomic E-state index is 15.3. The number of aromatic nitrogens is 1. The van der Waals surface area contributed by atoms with E-state index in [-0.39, 0.29) is 52.3 Å². The Hall–Kier alpha value is -3.61. The minimum atomic E-state index is -0.821. The average molecular weight is 549 g/mol. The molecule has 0 radical (unpaired) electrons. The van der Waals surface area contributed by atoms with E-state index in [2.05, 4.69) is 15.6 Å². The van der Waals surface area contributed by atoms with E-state index in [1.54, 1.807) is 6.07 Å². The Morgan fingerprint density at radius 3 is 2.54 bits per heavy atom. The van der Waals surface area contributed by atoms with Crippen molar-refractivity contribution in [2.75, 3.05) is 25.2 Å². The zero-order valence-corrected chi connectivity index (χ0v) is 21.4. The van der Waals surface area contributed by atoms with Gasteiger partial charge in [0.1, 0.15) is 16.7 Å². The van der Waals surface area contributed by atoms with Crippen LogP contribution in [0.4, 0.5) is 10.1 Å². The number of pyridine rings is 1. The van der Waals surface area contributed by atoms with Gasteiger partial charge in [-0.15, -0.1) is 6.42 Å². The van der Waals surface area contributed by atoms with E-state index in [4.69, 9.17) is 39.1 Å². The Bertz CT molecular complexity index is 1260. The molecular formula is C26H23Cl2FN2O6. The Labute approximate surface area is 223 Å². The predicted molar refractivity (Wildman–Crippen MR) is 135 cm³/mol. The molecule has 3 rings (SSSR count). The van der Waals surface area contributed by atoms with Crippen LogP contribution in [0.25, 0.3) is 0 Å². The van der Waals surface area contributed by atoms with E-state index in [1.807, 2.05) is 0 Å². The summed E-state index contributed by atoms with van der Waals surface area (Å²) in [6, 6.07) is 5.35. The van der Waals surface area contributed by atoms with Crippen molar-refractivity contribution >= 4 is 46.7 Å². The first-order valence-corrected chi connectivity index (χ1v) is 11.9. The molecule has 0 N–H and O–H groups in total. The van der Waals surface area contributed by atoms with E-state index < -0.39 is 30.3 Å². The normalized spacial score (nSPS) is 12.9. The second kappa shape index (κ2) is 13.1. The lowest BCUT2D eigenvalue weighted by Gasteiger charge is -2.28. The second-order valence-electron chi connectivity index (χ2n) is 7.92. The molecule has 0 fully saturated rings. The molecule has 0 spiro atoms. The molecule has 1 heterocycles. The first kappa shape index (κ1) is 28.0. The van der Waals surface area contributed by atoms with Gasteiger partial charge in [0.25, 0.3) is 5.91 Å². The first-order chi connectivity index (χ1) is 17.7. The van der Waals surface area contributed by atoms with Crippen molar-refractivity contribution < 1.29 is 33.0 Å². The fourth-order valence-electron chi connectivity index (χ4n) is 3.70. The minimum absolute atomic E-state index is 0.0400. The summed E-state index contributed by atoms with van der Waals surface area (Å²) in [5.41, 5.74) is 0.750. The quantitative estimate of drug-likeness (QED) is 0.255. The van der Waals surface area contributed by atoms with Crippen LogP contribution in [0.2, 0.25) is 10.2 Å². The van der Waals surface area contributed by atoms with Gasteiger partial charge in [0.05, 0.1) is 24.4 Å². The van der Waals surface area contributed by atoms with Crippen molar-refractivity contribution in [2.24, 2.45) is 0 Å². The lowest BCUT2D eigenvalue weighted by molar-refractivity contribution is -0.143. The smallest absolute Gasteiger partial charge is 0.343 e. The summed E-state index contributed by atoms with van der Waals surface area (Å²) in [7, 11) is 1.19. The van der Waals surface area contributed by atoms with Gasteiger partial charge >= 0.3 is 11.9 Å². The van der Waals surface area contributed by atoms with E-state index in [0.29, 0.717) is 24.8 Å². The molecule has 1 aromatic carbocycles.